The van der Waals surface area contributed by atoms with Crippen LogP contribution in [0.25, 0.3) is 0 Å². The van der Waals surface area contributed by atoms with E-state index in [-0.39, 0.29) is 6.54 Å². The van der Waals surface area contributed by atoms with E-state index in [0.717, 1.165) is 10.5 Å². The van der Waals surface area contributed by atoms with E-state index in [1.54, 1.807) is 20.8 Å². The number of benzene rings is 1. The van der Waals surface area contributed by atoms with Crippen molar-refractivity contribution in [3.05, 3.63) is 35.9 Å². The molecule has 0 spiro atoms. The summed E-state index contributed by atoms with van der Waals surface area (Å²) >= 11 is 0. The van der Waals surface area contributed by atoms with Gasteiger partial charge >= 0.3 is 12.1 Å². The summed E-state index contributed by atoms with van der Waals surface area (Å²) in [7, 11) is 0. The lowest BCUT2D eigenvalue weighted by Crippen LogP contribution is -2.44. The Morgan fingerprint density at radius 1 is 1.21 bits per heavy atom. The number of nitrogens with zero attached hydrogens (tertiary/aromatic N) is 1. The quantitative estimate of drug-likeness (QED) is 0.911. The molecule has 104 valence electrons. The monoisotopic (exact) mass is 264 g/mol. The third-order valence-electron chi connectivity index (χ3n) is 2.35. The molecule has 0 heterocycles. The number of amides is 3. The van der Waals surface area contributed by atoms with E-state index in [1.165, 1.54) is 0 Å². The number of nitrogens with two attached hydrogens (primary N) is 1. The van der Waals surface area contributed by atoms with Gasteiger partial charge in [-0.3, -0.25) is 0 Å². The van der Waals surface area contributed by atoms with Crippen LogP contribution in [0.1, 0.15) is 26.3 Å². The molecule has 0 aliphatic carbocycles. The third-order valence-corrected chi connectivity index (χ3v) is 2.35. The fourth-order valence-electron chi connectivity index (χ4n) is 1.49. The van der Waals surface area contributed by atoms with Crippen LogP contribution in [0.3, 0.4) is 0 Å². The lowest BCUT2D eigenvalue weighted by atomic mass is 10.1. The Balaban J connectivity index is 2.64. The van der Waals surface area contributed by atoms with Crippen molar-refractivity contribution in [2.75, 3.05) is 6.54 Å². The van der Waals surface area contributed by atoms with Gasteiger partial charge in [-0.05, 0) is 32.8 Å². The molecule has 3 amide bonds. The second-order valence-corrected chi connectivity index (χ2v) is 5.21. The predicted molar refractivity (Wildman–Crippen MR) is 72.7 cm³/mol. The van der Waals surface area contributed by atoms with Crippen molar-refractivity contribution in [2.24, 2.45) is 5.73 Å². The maximum absolute atomic E-state index is 11.8. The van der Waals surface area contributed by atoms with Crippen LogP contribution in [0.4, 0.5) is 9.59 Å². The fraction of sp³-hybridized carbons (Fsp3) is 0.429. The van der Waals surface area contributed by atoms with Gasteiger partial charge in [-0.25, -0.2) is 14.5 Å². The zero-order chi connectivity index (χ0) is 14.5. The maximum atomic E-state index is 11.8. The van der Waals surface area contributed by atoms with Crippen LogP contribution in [-0.4, -0.2) is 29.2 Å². The van der Waals surface area contributed by atoms with E-state index >= 15 is 0 Å². The summed E-state index contributed by atoms with van der Waals surface area (Å²) < 4.78 is 5.14. The number of hydrogen-bond acceptors (Lipinski definition) is 3. The molecule has 5 nitrogen and oxygen atoms in total. The first-order valence-corrected chi connectivity index (χ1v) is 6.13. The van der Waals surface area contributed by atoms with Gasteiger partial charge in [-0.1, -0.05) is 30.3 Å². The van der Waals surface area contributed by atoms with Gasteiger partial charge < -0.3 is 10.5 Å². The fourth-order valence-corrected chi connectivity index (χ4v) is 1.49. The third kappa shape index (κ3) is 5.42. The molecule has 1 rings (SSSR count). The van der Waals surface area contributed by atoms with Crippen molar-refractivity contribution < 1.29 is 14.3 Å². The second-order valence-electron chi connectivity index (χ2n) is 5.21. The Morgan fingerprint density at radius 3 is 2.26 bits per heavy atom. The lowest BCUT2D eigenvalue weighted by Gasteiger charge is -2.25. The standard InChI is InChI=1S/C14H20N2O3/c1-14(2,3)19-13(18)16(12(15)17)10-9-11-7-5-4-6-8-11/h4-8H,9-10H2,1-3H3,(H2,15,17). The molecule has 2 N–H and O–H groups in total. The molecule has 0 saturated carbocycles. The molecule has 0 radical (unpaired) electrons. The molecule has 5 heteroatoms. The molecule has 0 aliphatic heterocycles. The number of carbonyl (C=O) groups excluding carboxylic acids is 2. The van der Waals surface area contributed by atoms with Crippen LogP contribution >= 0.6 is 0 Å². The Hall–Kier alpha value is -2.04. The zero-order valence-corrected chi connectivity index (χ0v) is 11.6. The molecule has 0 aliphatic rings. The molecule has 0 bridgehead atoms. The highest BCUT2D eigenvalue weighted by Crippen LogP contribution is 2.10. The summed E-state index contributed by atoms with van der Waals surface area (Å²) in [6, 6.07) is 8.76. The number of ether oxygens (including phenoxy) is 1. The van der Waals surface area contributed by atoms with Crippen LogP contribution in [0.2, 0.25) is 0 Å². The second kappa shape index (κ2) is 6.22. The van der Waals surface area contributed by atoms with Gasteiger partial charge in [0.25, 0.3) is 0 Å². The van der Waals surface area contributed by atoms with Crippen molar-refractivity contribution in [1.29, 1.82) is 0 Å². The molecular formula is C14H20N2O3. The number of rotatable bonds is 3. The van der Waals surface area contributed by atoms with Crippen LogP contribution in [0, 0.1) is 0 Å². The minimum absolute atomic E-state index is 0.203. The summed E-state index contributed by atoms with van der Waals surface area (Å²) in [6.45, 7) is 5.41. The Labute approximate surface area is 113 Å². The number of urea groups is 1. The van der Waals surface area contributed by atoms with Gasteiger partial charge in [0, 0.05) is 6.54 Å². The van der Waals surface area contributed by atoms with E-state index in [0.29, 0.717) is 6.42 Å². The molecule has 1 aromatic rings. The van der Waals surface area contributed by atoms with Crippen LogP contribution in [0.5, 0.6) is 0 Å². The Bertz CT molecular complexity index is 438. The first-order chi connectivity index (χ1) is 8.79. The SMILES string of the molecule is CC(C)(C)OC(=O)N(CCc1ccccc1)C(N)=O. The largest absolute Gasteiger partial charge is 0.443 e. The number of primary amides is 1. The van der Waals surface area contributed by atoms with Gasteiger partial charge in [0.15, 0.2) is 0 Å². The van der Waals surface area contributed by atoms with E-state index in [9.17, 15) is 9.59 Å². The van der Waals surface area contributed by atoms with Crippen LogP contribution < -0.4 is 5.73 Å². The van der Waals surface area contributed by atoms with E-state index < -0.39 is 17.7 Å². The molecular weight excluding hydrogens is 244 g/mol. The lowest BCUT2D eigenvalue weighted by molar-refractivity contribution is 0.0330. The predicted octanol–water partition coefficient (Wildman–Crippen LogP) is 2.54. The van der Waals surface area contributed by atoms with Gasteiger partial charge in [-0.2, -0.15) is 0 Å². The Kier molecular flexibility index (Phi) is 4.92. The van der Waals surface area contributed by atoms with Crippen LogP contribution in [-0.2, 0) is 11.2 Å². The highest BCUT2D eigenvalue weighted by molar-refractivity contribution is 5.90. The molecule has 0 unspecified atom stereocenters. The minimum atomic E-state index is -0.801. The van der Waals surface area contributed by atoms with Crippen molar-refractivity contribution in [3.8, 4) is 0 Å². The average molecular weight is 264 g/mol. The summed E-state index contributed by atoms with van der Waals surface area (Å²) in [5.41, 5.74) is 5.58. The van der Waals surface area contributed by atoms with Crippen molar-refractivity contribution in [3.63, 3.8) is 0 Å². The van der Waals surface area contributed by atoms with Gasteiger partial charge in [0.2, 0.25) is 0 Å². The van der Waals surface area contributed by atoms with Gasteiger partial charge in [0.05, 0.1) is 0 Å². The number of imide groups is 1. The first kappa shape index (κ1) is 15.0. The topological polar surface area (TPSA) is 72.6 Å². The van der Waals surface area contributed by atoms with Crippen molar-refractivity contribution in [1.82, 2.24) is 4.90 Å². The molecule has 0 saturated heterocycles. The van der Waals surface area contributed by atoms with Crippen molar-refractivity contribution >= 4 is 12.1 Å². The number of hydrogen-bond donors (Lipinski definition) is 1. The normalized spacial score (nSPS) is 10.9. The minimum Gasteiger partial charge on any atom is -0.443 e. The highest BCUT2D eigenvalue weighted by Gasteiger charge is 2.25. The van der Waals surface area contributed by atoms with E-state index in [1.807, 2.05) is 30.3 Å². The summed E-state index contributed by atoms with van der Waals surface area (Å²) in [5.74, 6) is 0. The summed E-state index contributed by atoms with van der Waals surface area (Å²) in [4.78, 5) is 24.0. The highest BCUT2D eigenvalue weighted by atomic mass is 16.6. The van der Waals surface area contributed by atoms with Crippen molar-refractivity contribution in [2.45, 2.75) is 32.8 Å². The van der Waals surface area contributed by atoms with Crippen LogP contribution in [0.15, 0.2) is 30.3 Å². The first-order valence-electron chi connectivity index (χ1n) is 6.13. The van der Waals surface area contributed by atoms with Gasteiger partial charge in [-0.15, -0.1) is 0 Å². The molecule has 0 fully saturated rings. The van der Waals surface area contributed by atoms with Gasteiger partial charge in [0.1, 0.15) is 5.60 Å². The number of carbonyl (C=O) groups is 2. The van der Waals surface area contributed by atoms with E-state index in [4.69, 9.17) is 10.5 Å². The molecule has 19 heavy (non-hydrogen) atoms. The summed E-state index contributed by atoms with van der Waals surface area (Å²) in [6.07, 6.45) is -0.167. The molecule has 1 aromatic carbocycles. The zero-order valence-electron chi connectivity index (χ0n) is 11.6. The smallest absolute Gasteiger partial charge is 0.418 e. The Morgan fingerprint density at radius 2 is 1.79 bits per heavy atom. The molecule has 0 atom stereocenters. The van der Waals surface area contributed by atoms with E-state index in [2.05, 4.69) is 0 Å². The summed E-state index contributed by atoms with van der Waals surface area (Å²) in [5, 5.41) is 0. The average Bonchev–Trinajstić information content (AvgIpc) is 2.27. The maximum Gasteiger partial charge on any atom is 0.418 e. The molecule has 0 aromatic heterocycles.